The SMILES string of the molecule is CC(C)COCCN[C@@H](C)c1cccc(Cl)c1. The highest BCUT2D eigenvalue weighted by Crippen LogP contribution is 2.16. The molecule has 1 N–H and O–H groups in total. The van der Waals surface area contributed by atoms with E-state index in [4.69, 9.17) is 16.3 Å². The molecule has 1 aromatic rings. The molecule has 0 amide bonds. The van der Waals surface area contributed by atoms with Crippen molar-refractivity contribution < 1.29 is 4.74 Å². The highest BCUT2D eigenvalue weighted by atomic mass is 35.5. The van der Waals surface area contributed by atoms with Gasteiger partial charge in [-0.15, -0.1) is 0 Å². The average Bonchev–Trinajstić information content (AvgIpc) is 2.28. The zero-order valence-electron chi connectivity index (χ0n) is 10.9. The molecule has 0 saturated heterocycles. The quantitative estimate of drug-likeness (QED) is 0.751. The Labute approximate surface area is 109 Å². The minimum atomic E-state index is 0.302. The average molecular weight is 256 g/mol. The molecule has 0 fully saturated rings. The molecular weight excluding hydrogens is 234 g/mol. The summed E-state index contributed by atoms with van der Waals surface area (Å²) in [5.41, 5.74) is 1.21. The molecular formula is C14H22ClNO. The van der Waals surface area contributed by atoms with Gasteiger partial charge in [0.2, 0.25) is 0 Å². The summed E-state index contributed by atoms with van der Waals surface area (Å²) in [4.78, 5) is 0. The van der Waals surface area contributed by atoms with Gasteiger partial charge >= 0.3 is 0 Å². The topological polar surface area (TPSA) is 21.3 Å². The van der Waals surface area contributed by atoms with Crippen LogP contribution in [0.1, 0.15) is 32.4 Å². The van der Waals surface area contributed by atoms with Crippen LogP contribution in [0.5, 0.6) is 0 Å². The van der Waals surface area contributed by atoms with Gasteiger partial charge in [0.15, 0.2) is 0 Å². The van der Waals surface area contributed by atoms with E-state index in [-0.39, 0.29) is 0 Å². The van der Waals surface area contributed by atoms with Crippen LogP contribution < -0.4 is 5.32 Å². The standard InChI is InChI=1S/C14H22ClNO/c1-11(2)10-17-8-7-16-12(3)13-5-4-6-14(15)9-13/h4-6,9,11-12,16H,7-8,10H2,1-3H3/t12-/m0/s1. The molecule has 0 heterocycles. The lowest BCUT2D eigenvalue weighted by Gasteiger charge is -2.15. The van der Waals surface area contributed by atoms with Crippen molar-refractivity contribution in [2.24, 2.45) is 5.92 Å². The monoisotopic (exact) mass is 255 g/mol. The molecule has 1 rings (SSSR count). The Kier molecular flexibility index (Phi) is 6.56. The van der Waals surface area contributed by atoms with E-state index in [0.29, 0.717) is 12.0 Å². The van der Waals surface area contributed by atoms with Crippen LogP contribution in [0.3, 0.4) is 0 Å². The summed E-state index contributed by atoms with van der Waals surface area (Å²) in [6, 6.07) is 8.25. The zero-order valence-corrected chi connectivity index (χ0v) is 11.6. The molecule has 0 bridgehead atoms. The van der Waals surface area contributed by atoms with Crippen LogP contribution in [0, 0.1) is 5.92 Å². The first kappa shape index (κ1) is 14.5. The lowest BCUT2D eigenvalue weighted by Crippen LogP contribution is -2.23. The van der Waals surface area contributed by atoms with Crippen molar-refractivity contribution in [2.75, 3.05) is 19.8 Å². The third kappa shape index (κ3) is 6.06. The Morgan fingerprint density at radius 1 is 1.29 bits per heavy atom. The second-order valence-electron chi connectivity index (χ2n) is 4.70. The fraction of sp³-hybridized carbons (Fsp3) is 0.571. The van der Waals surface area contributed by atoms with Gasteiger partial charge in [-0.3, -0.25) is 0 Å². The van der Waals surface area contributed by atoms with Crippen molar-refractivity contribution in [1.29, 1.82) is 0 Å². The van der Waals surface area contributed by atoms with Crippen LogP contribution in [-0.4, -0.2) is 19.8 Å². The Balaban J connectivity index is 2.23. The minimum Gasteiger partial charge on any atom is -0.380 e. The van der Waals surface area contributed by atoms with Crippen LogP contribution in [0.15, 0.2) is 24.3 Å². The number of halogens is 1. The third-order valence-corrected chi connectivity index (χ3v) is 2.73. The minimum absolute atomic E-state index is 0.302. The maximum absolute atomic E-state index is 5.96. The van der Waals surface area contributed by atoms with E-state index in [1.165, 1.54) is 5.56 Å². The normalized spacial score (nSPS) is 13.0. The highest BCUT2D eigenvalue weighted by molar-refractivity contribution is 6.30. The van der Waals surface area contributed by atoms with Crippen molar-refractivity contribution >= 4 is 11.6 Å². The van der Waals surface area contributed by atoms with Gasteiger partial charge in [0.1, 0.15) is 0 Å². The molecule has 1 atom stereocenters. The number of rotatable bonds is 7. The predicted octanol–water partition coefficient (Wildman–Crippen LogP) is 3.66. The van der Waals surface area contributed by atoms with Gasteiger partial charge in [-0.2, -0.15) is 0 Å². The van der Waals surface area contributed by atoms with Gasteiger partial charge in [-0.25, -0.2) is 0 Å². The molecule has 0 aliphatic carbocycles. The fourth-order valence-corrected chi connectivity index (χ4v) is 1.76. The van der Waals surface area contributed by atoms with E-state index in [0.717, 1.165) is 24.8 Å². The first-order valence-corrected chi connectivity index (χ1v) is 6.54. The number of hydrogen-bond donors (Lipinski definition) is 1. The van der Waals surface area contributed by atoms with Gasteiger partial charge < -0.3 is 10.1 Å². The molecule has 96 valence electrons. The molecule has 0 aliphatic heterocycles. The summed E-state index contributed by atoms with van der Waals surface area (Å²) in [6.07, 6.45) is 0. The fourth-order valence-electron chi connectivity index (χ4n) is 1.56. The van der Waals surface area contributed by atoms with E-state index in [1.807, 2.05) is 18.2 Å². The highest BCUT2D eigenvalue weighted by Gasteiger charge is 2.04. The van der Waals surface area contributed by atoms with E-state index >= 15 is 0 Å². The van der Waals surface area contributed by atoms with E-state index in [2.05, 4.69) is 32.2 Å². The van der Waals surface area contributed by atoms with E-state index in [9.17, 15) is 0 Å². The molecule has 0 saturated carbocycles. The molecule has 2 nitrogen and oxygen atoms in total. The van der Waals surface area contributed by atoms with Gasteiger partial charge in [0.05, 0.1) is 6.61 Å². The first-order valence-electron chi connectivity index (χ1n) is 6.16. The lowest BCUT2D eigenvalue weighted by molar-refractivity contribution is 0.110. The Bertz CT molecular complexity index is 328. The Morgan fingerprint density at radius 3 is 2.71 bits per heavy atom. The van der Waals surface area contributed by atoms with Crippen molar-refractivity contribution in [3.05, 3.63) is 34.9 Å². The maximum atomic E-state index is 5.96. The Morgan fingerprint density at radius 2 is 2.06 bits per heavy atom. The summed E-state index contributed by atoms with van der Waals surface area (Å²) >= 11 is 5.96. The molecule has 1 aromatic carbocycles. The van der Waals surface area contributed by atoms with Crippen LogP contribution in [-0.2, 0) is 4.74 Å². The van der Waals surface area contributed by atoms with Crippen molar-refractivity contribution in [2.45, 2.75) is 26.8 Å². The number of nitrogens with one attached hydrogen (secondary N) is 1. The van der Waals surface area contributed by atoms with Gasteiger partial charge in [0.25, 0.3) is 0 Å². The molecule has 3 heteroatoms. The molecule has 17 heavy (non-hydrogen) atoms. The van der Waals surface area contributed by atoms with E-state index in [1.54, 1.807) is 0 Å². The van der Waals surface area contributed by atoms with Crippen LogP contribution >= 0.6 is 11.6 Å². The molecule has 0 aliphatic rings. The second kappa shape index (κ2) is 7.70. The van der Waals surface area contributed by atoms with Crippen molar-refractivity contribution in [3.63, 3.8) is 0 Å². The number of benzene rings is 1. The summed E-state index contributed by atoms with van der Waals surface area (Å²) in [5.74, 6) is 0.598. The summed E-state index contributed by atoms with van der Waals surface area (Å²) in [5, 5.41) is 4.20. The van der Waals surface area contributed by atoms with Crippen molar-refractivity contribution in [1.82, 2.24) is 5.32 Å². The summed E-state index contributed by atoms with van der Waals surface area (Å²) < 4.78 is 5.52. The molecule has 0 aromatic heterocycles. The third-order valence-electron chi connectivity index (χ3n) is 2.50. The predicted molar refractivity (Wildman–Crippen MR) is 73.5 cm³/mol. The van der Waals surface area contributed by atoms with Crippen molar-refractivity contribution in [3.8, 4) is 0 Å². The molecule has 0 spiro atoms. The second-order valence-corrected chi connectivity index (χ2v) is 5.14. The first-order chi connectivity index (χ1) is 8.09. The van der Waals surface area contributed by atoms with Gasteiger partial charge in [-0.1, -0.05) is 37.6 Å². The smallest absolute Gasteiger partial charge is 0.0591 e. The van der Waals surface area contributed by atoms with Gasteiger partial charge in [-0.05, 0) is 30.5 Å². The number of ether oxygens (including phenoxy) is 1. The maximum Gasteiger partial charge on any atom is 0.0591 e. The van der Waals surface area contributed by atoms with Crippen LogP contribution in [0.2, 0.25) is 5.02 Å². The van der Waals surface area contributed by atoms with Crippen LogP contribution in [0.25, 0.3) is 0 Å². The summed E-state index contributed by atoms with van der Waals surface area (Å²) in [6.45, 7) is 8.88. The van der Waals surface area contributed by atoms with E-state index < -0.39 is 0 Å². The largest absolute Gasteiger partial charge is 0.380 e. The zero-order chi connectivity index (χ0) is 12.7. The summed E-state index contributed by atoms with van der Waals surface area (Å²) in [7, 11) is 0. The molecule has 0 radical (unpaired) electrons. The van der Waals surface area contributed by atoms with Crippen LogP contribution in [0.4, 0.5) is 0 Å². The lowest BCUT2D eigenvalue weighted by atomic mass is 10.1. The Hall–Kier alpha value is -0.570. The number of hydrogen-bond acceptors (Lipinski definition) is 2. The van der Waals surface area contributed by atoms with Gasteiger partial charge in [0, 0.05) is 24.2 Å². The molecule has 0 unspecified atom stereocenters.